The lowest BCUT2D eigenvalue weighted by Crippen LogP contribution is -2.44. The maximum absolute atomic E-state index is 11.7. The summed E-state index contributed by atoms with van der Waals surface area (Å²) in [6.45, 7) is 3.08. The molecule has 1 heterocycles. The summed E-state index contributed by atoms with van der Waals surface area (Å²) in [5, 5.41) is 10.9. The molecule has 19 heavy (non-hydrogen) atoms. The van der Waals surface area contributed by atoms with Gasteiger partial charge in [0, 0.05) is 12.7 Å². The Balaban J connectivity index is 2.26. The molecule has 0 aliphatic heterocycles. The monoisotopic (exact) mass is 299 g/mol. The first kappa shape index (κ1) is 14.4. The first-order chi connectivity index (χ1) is 8.72. The van der Waals surface area contributed by atoms with Crippen molar-refractivity contribution in [3.8, 4) is 0 Å². The number of nitrogens with zero attached hydrogens (tertiary/aromatic N) is 1. The normalized spacial score (nSPS) is 14.7. The zero-order chi connectivity index (χ0) is 14.3. The number of benzene rings is 1. The van der Waals surface area contributed by atoms with Gasteiger partial charge in [-0.05, 0) is 26.0 Å². The van der Waals surface area contributed by atoms with Crippen LogP contribution in [0.3, 0.4) is 0 Å². The number of sulfone groups is 1. The van der Waals surface area contributed by atoms with E-state index in [4.69, 9.17) is 0 Å². The van der Waals surface area contributed by atoms with Crippen LogP contribution in [0.4, 0.5) is 0 Å². The van der Waals surface area contributed by atoms with Crippen LogP contribution < -0.4 is 0 Å². The molecule has 0 saturated carbocycles. The number of aliphatic hydroxyl groups excluding tert-OH is 1. The summed E-state index contributed by atoms with van der Waals surface area (Å²) >= 11 is 1.49. The Morgan fingerprint density at radius 1 is 1.37 bits per heavy atom. The summed E-state index contributed by atoms with van der Waals surface area (Å²) in [5.74, 6) is 0. The molecule has 1 aromatic carbocycles. The molecule has 0 radical (unpaired) electrons. The fourth-order valence-corrected chi connectivity index (χ4v) is 3.25. The quantitative estimate of drug-likeness (QED) is 0.938. The second kappa shape index (κ2) is 4.85. The Hall–Kier alpha value is -0.980. The van der Waals surface area contributed by atoms with Crippen LogP contribution in [0.2, 0.25) is 0 Å². The van der Waals surface area contributed by atoms with Gasteiger partial charge in [-0.15, -0.1) is 11.3 Å². The number of aromatic nitrogens is 1. The first-order valence-electron chi connectivity index (χ1n) is 5.94. The minimum Gasteiger partial charge on any atom is -0.391 e. The highest BCUT2D eigenvalue weighted by Gasteiger charge is 2.38. The van der Waals surface area contributed by atoms with Crippen molar-refractivity contribution in [3.63, 3.8) is 0 Å². The summed E-state index contributed by atoms with van der Waals surface area (Å²) < 4.78 is 23.2. The summed E-state index contributed by atoms with van der Waals surface area (Å²) in [6, 6.07) is 7.71. The second-order valence-corrected chi connectivity index (χ2v) is 8.88. The van der Waals surface area contributed by atoms with Crippen LogP contribution in [0.15, 0.2) is 24.3 Å². The highest BCUT2D eigenvalue weighted by Crippen LogP contribution is 2.27. The van der Waals surface area contributed by atoms with Gasteiger partial charge in [0.2, 0.25) is 0 Å². The minimum atomic E-state index is -3.32. The molecular formula is C13H17NO3S2. The van der Waals surface area contributed by atoms with E-state index in [0.29, 0.717) is 0 Å². The van der Waals surface area contributed by atoms with Gasteiger partial charge in [0.25, 0.3) is 0 Å². The molecule has 104 valence electrons. The van der Waals surface area contributed by atoms with Crippen molar-refractivity contribution >= 4 is 31.4 Å². The zero-order valence-corrected chi connectivity index (χ0v) is 12.8. The van der Waals surface area contributed by atoms with E-state index in [1.807, 2.05) is 24.3 Å². The standard InChI is InChI=1S/C13H17NO3S2/c1-13(2,19(3,16)17)11(15)8-12-14-9-6-4-5-7-10(9)18-12/h4-7,11,15H,8H2,1-3H3. The van der Waals surface area contributed by atoms with Crippen molar-refractivity contribution in [2.75, 3.05) is 6.26 Å². The third kappa shape index (κ3) is 2.80. The molecule has 1 atom stereocenters. The van der Waals surface area contributed by atoms with Crippen LogP contribution in [-0.4, -0.2) is 35.6 Å². The predicted octanol–water partition coefficient (Wildman–Crippen LogP) is 2.02. The molecule has 2 aromatic rings. The highest BCUT2D eigenvalue weighted by atomic mass is 32.2. The fraction of sp³-hybridized carbons (Fsp3) is 0.462. The zero-order valence-electron chi connectivity index (χ0n) is 11.1. The molecule has 0 bridgehead atoms. The van der Waals surface area contributed by atoms with Crippen molar-refractivity contribution in [2.24, 2.45) is 0 Å². The van der Waals surface area contributed by atoms with E-state index in [2.05, 4.69) is 4.98 Å². The van der Waals surface area contributed by atoms with Crippen molar-refractivity contribution in [2.45, 2.75) is 31.1 Å². The molecular weight excluding hydrogens is 282 g/mol. The number of hydrogen-bond donors (Lipinski definition) is 1. The van der Waals surface area contributed by atoms with E-state index >= 15 is 0 Å². The molecule has 6 heteroatoms. The Morgan fingerprint density at radius 2 is 2.00 bits per heavy atom. The van der Waals surface area contributed by atoms with Gasteiger partial charge in [0.1, 0.15) is 0 Å². The molecule has 2 rings (SSSR count). The van der Waals surface area contributed by atoms with E-state index in [1.54, 1.807) is 13.8 Å². The van der Waals surface area contributed by atoms with Crippen LogP contribution in [0.25, 0.3) is 10.2 Å². The maximum atomic E-state index is 11.7. The van der Waals surface area contributed by atoms with Crippen LogP contribution in [0, 0.1) is 0 Å². The third-order valence-electron chi connectivity index (χ3n) is 3.46. The maximum Gasteiger partial charge on any atom is 0.155 e. The number of aliphatic hydroxyl groups is 1. The van der Waals surface area contributed by atoms with E-state index in [9.17, 15) is 13.5 Å². The summed E-state index contributed by atoms with van der Waals surface area (Å²) in [4.78, 5) is 4.41. The Labute approximate surface area is 117 Å². The molecule has 1 unspecified atom stereocenters. The van der Waals surface area contributed by atoms with E-state index < -0.39 is 20.7 Å². The highest BCUT2D eigenvalue weighted by molar-refractivity contribution is 7.92. The average Bonchev–Trinajstić information content (AvgIpc) is 2.69. The molecule has 0 aliphatic carbocycles. The second-order valence-electron chi connectivity index (χ2n) is 5.17. The fourth-order valence-electron chi connectivity index (χ4n) is 1.67. The van der Waals surface area contributed by atoms with Crippen molar-refractivity contribution in [1.29, 1.82) is 0 Å². The summed E-state index contributed by atoms with van der Waals surface area (Å²) in [7, 11) is -3.32. The van der Waals surface area contributed by atoms with Crippen molar-refractivity contribution in [3.05, 3.63) is 29.3 Å². The molecule has 1 aromatic heterocycles. The first-order valence-corrected chi connectivity index (χ1v) is 8.65. The van der Waals surface area contributed by atoms with Gasteiger partial charge in [-0.1, -0.05) is 12.1 Å². The summed E-state index contributed by atoms with van der Waals surface area (Å²) in [5.41, 5.74) is 0.881. The lowest BCUT2D eigenvalue weighted by atomic mass is 10.0. The minimum absolute atomic E-state index is 0.249. The van der Waals surface area contributed by atoms with Crippen molar-refractivity contribution in [1.82, 2.24) is 4.98 Å². The smallest absolute Gasteiger partial charge is 0.155 e. The molecule has 4 nitrogen and oxygen atoms in total. The Kier molecular flexibility index (Phi) is 3.68. The lowest BCUT2D eigenvalue weighted by Gasteiger charge is -2.27. The number of fused-ring (bicyclic) bond motifs is 1. The topological polar surface area (TPSA) is 67.3 Å². The number of rotatable bonds is 4. The molecule has 0 saturated heterocycles. The van der Waals surface area contributed by atoms with Gasteiger partial charge >= 0.3 is 0 Å². The SMILES string of the molecule is CC(C)(C(O)Cc1nc2ccccc2s1)S(C)(=O)=O. The Morgan fingerprint density at radius 3 is 2.58 bits per heavy atom. The van der Waals surface area contributed by atoms with Crippen molar-refractivity contribution < 1.29 is 13.5 Å². The van der Waals surface area contributed by atoms with Gasteiger partial charge in [-0.3, -0.25) is 0 Å². The summed E-state index contributed by atoms with van der Waals surface area (Å²) in [6.07, 6.45) is 0.427. The largest absolute Gasteiger partial charge is 0.391 e. The van der Waals surface area contributed by atoms with Gasteiger partial charge in [-0.2, -0.15) is 0 Å². The Bertz CT molecular complexity index is 656. The molecule has 0 fully saturated rings. The molecule has 0 amide bonds. The van der Waals surface area contributed by atoms with Gasteiger partial charge < -0.3 is 5.11 Å². The number of thiazole rings is 1. The lowest BCUT2D eigenvalue weighted by molar-refractivity contribution is 0.138. The predicted molar refractivity (Wildman–Crippen MR) is 78.3 cm³/mol. The van der Waals surface area contributed by atoms with Crippen LogP contribution in [-0.2, 0) is 16.3 Å². The van der Waals surface area contributed by atoms with Crippen LogP contribution in [0.1, 0.15) is 18.9 Å². The van der Waals surface area contributed by atoms with Gasteiger partial charge in [0.05, 0.1) is 26.1 Å². The van der Waals surface area contributed by atoms with E-state index in [1.165, 1.54) is 11.3 Å². The van der Waals surface area contributed by atoms with E-state index in [-0.39, 0.29) is 6.42 Å². The van der Waals surface area contributed by atoms with Gasteiger partial charge in [0.15, 0.2) is 9.84 Å². The van der Waals surface area contributed by atoms with E-state index in [0.717, 1.165) is 21.5 Å². The van der Waals surface area contributed by atoms with Crippen LogP contribution >= 0.6 is 11.3 Å². The molecule has 1 N–H and O–H groups in total. The number of para-hydroxylation sites is 1. The van der Waals surface area contributed by atoms with Crippen LogP contribution in [0.5, 0.6) is 0 Å². The molecule has 0 spiro atoms. The van der Waals surface area contributed by atoms with Gasteiger partial charge in [-0.25, -0.2) is 13.4 Å². The number of hydrogen-bond acceptors (Lipinski definition) is 5. The molecule has 0 aliphatic rings. The average molecular weight is 299 g/mol. The third-order valence-corrected chi connectivity index (χ3v) is 6.71.